The first-order chi connectivity index (χ1) is 9.26. The van der Waals surface area contributed by atoms with E-state index in [0.29, 0.717) is 22.9 Å². The van der Waals surface area contributed by atoms with E-state index in [0.717, 1.165) is 11.3 Å². The molecule has 0 radical (unpaired) electrons. The first-order valence-corrected chi connectivity index (χ1v) is 6.07. The monoisotopic (exact) mass is 273 g/mol. The van der Waals surface area contributed by atoms with Gasteiger partial charge in [0.2, 0.25) is 0 Å². The van der Waals surface area contributed by atoms with E-state index in [4.69, 9.17) is 26.3 Å². The summed E-state index contributed by atoms with van der Waals surface area (Å²) in [5.74, 6) is 1.23. The molecule has 2 rings (SSSR count). The normalized spacial score (nSPS) is 9.74. The van der Waals surface area contributed by atoms with E-state index < -0.39 is 0 Å². The van der Waals surface area contributed by atoms with Gasteiger partial charge in [-0.15, -0.1) is 0 Å². The zero-order valence-corrected chi connectivity index (χ0v) is 11.1. The molecular formula is C15H12ClNO2. The van der Waals surface area contributed by atoms with Gasteiger partial charge in [-0.2, -0.15) is 5.26 Å². The Morgan fingerprint density at radius 1 is 1.11 bits per heavy atom. The molecule has 0 unspecified atom stereocenters. The molecular weight excluding hydrogens is 262 g/mol. The molecule has 0 spiro atoms. The van der Waals surface area contributed by atoms with Crippen molar-refractivity contribution in [2.45, 2.75) is 6.61 Å². The maximum Gasteiger partial charge on any atom is 0.139 e. The van der Waals surface area contributed by atoms with Crippen molar-refractivity contribution in [2.75, 3.05) is 7.11 Å². The van der Waals surface area contributed by atoms with Crippen molar-refractivity contribution in [1.29, 1.82) is 5.26 Å². The highest BCUT2D eigenvalue weighted by Gasteiger charge is 2.09. The van der Waals surface area contributed by atoms with Crippen LogP contribution in [0.5, 0.6) is 11.5 Å². The van der Waals surface area contributed by atoms with E-state index in [1.54, 1.807) is 25.3 Å². The maximum atomic E-state index is 9.06. The van der Waals surface area contributed by atoms with Crippen LogP contribution in [0, 0.1) is 11.3 Å². The molecule has 0 N–H and O–H groups in total. The van der Waals surface area contributed by atoms with Crippen LogP contribution < -0.4 is 9.47 Å². The second kappa shape index (κ2) is 6.12. The molecule has 0 amide bonds. The van der Waals surface area contributed by atoms with E-state index in [-0.39, 0.29) is 0 Å². The third-order valence-corrected chi connectivity index (χ3v) is 2.98. The molecule has 0 aliphatic heterocycles. The highest BCUT2D eigenvalue weighted by molar-refractivity contribution is 6.31. The Bertz CT molecular complexity index is 620. The lowest BCUT2D eigenvalue weighted by atomic mass is 10.2. The minimum absolute atomic E-state index is 0.318. The number of para-hydroxylation sites is 1. The molecule has 0 aliphatic rings. The summed E-state index contributed by atoms with van der Waals surface area (Å²) in [7, 11) is 1.61. The average Bonchev–Trinajstić information content (AvgIpc) is 2.45. The van der Waals surface area contributed by atoms with Crippen LogP contribution in [0.1, 0.15) is 11.1 Å². The predicted molar refractivity (Wildman–Crippen MR) is 73.5 cm³/mol. The SMILES string of the molecule is COc1ccccc1COc1cccc(Cl)c1C#N. The van der Waals surface area contributed by atoms with Gasteiger partial charge in [0.15, 0.2) is 0 Å². The zero-order chi connectivity index (χ0) is 13.7. The van der Waals surface area contributed by atoms with Crippen LogP contribution in [0.3, 0.4) is 0 Å². The van der Waals surface area contributed by atoms with Gasteiger partial charge in [0.25, 0.3) is 0 Å². The lowest BCUT2D eigenvalue weighted by Gasteiger charge is -2.11. The Kier molecular flexibility index (Phi) is 4.27. The number of halogens is 1. The van der Waals surface area contributed by atoms with E-state index in [1.165, 1.54) is 0 Å². The van der Waals surface area contributed by atoms with Gasteiger partial charge >= 0.3 is 0 Å². The van der Waals surface area contributed by atoms with Crippen LogP contribution in [0.15, 0.2) is 42.5 Å². The molecule has 2 aromatic carbocycles. The van der Waals surface area contributed by atoms with Crippen molar-refractivity contribution >= 4 is 11.6 Å². The molecule has 4 heteroatoms. The molecule has 0 bridgehead atoms. The van der Waals surface area contributed by atoms with Crippen molar-refractivity contribution in [3.63, 3.8) is 0 Å². The van der Waals surface area contributed by atoms with Gasteiger partial charge in [0.1, 0.15) is 29.7 Å². The van der Waals surface area contributed by atoms with Crippen LogP contribution in [-0.2, 0) is 6.61 Å². The molecule has 3 nitrogen and oxygen atoms in total. The Hall–Kier alpha value is -2.18. The fraction of sp³-hybridized carbons (Fsp3) is 0.133. The van der Waals surface area contributed by atoms with Crippen molar-refractivity contribution < 1.29 is 9.47 Å². The van der Waals surface area contributed by atoms with E-state index in [1.807, 2.05) is 30.3 Å². The Morgan fingerprint density at radius 3 is 2.58 bits per heavy atom. The molecule has 0 atom stereocenters. The second-order valence-corrected chi connectivity index (χ2v) is 4.23. The van der Waals surface area contributed by atoms with Crippen LogP contribution in [-0.4, -0.2) is 7.11 Å². The fourth-order valence-corrected chi connectivity index (χ4v) is 1.92. The number of benzene rings is 2. The highest BCUT2D eigenvalue weighted by Crippen LogP contribution is 2.27. The largest absolute Gasteiger partial charge is 0.496 e. The van der Waals surface area contributed by atoms with E-state index in [9.17, 15) is 0 Å². The van der Waals surface area contributed by atoms with Gasteiger partial charge in [0.05, 0.1) is 12.1 Å². The van der Waals surface area contributed by atoms with Gasteiger partial charge in [0, 0.05) is 5.56 Å². The minimum Gasteiger partial charge on any atom is -0.496 e. The predicted octanol–water partition coefficient (Wildman–Crippen LogP) is 3.80. The minimum atomic E-state index is 0.318. The van der Waals surface area contributed by atoms with Gasteiger partial charge < -0.3 is 9.47 Å². The summed E-state index contributed by atoms with van der Waals surface area (Å²) in [5.41, 5.74) is 1.26. The number of nitrogens with zero attached hydrogens (tertiary/aromatic N) is 1. The molecule has 0 heterocycles. The molecule has 0 aromatic heterocycles. The molecule has 0 aliphatic carbocycles. The average molecular weight is 274 g/mol. The number of methoxy groups -OCH3 is 1. The Labute approximate surface area is 117 Å². The summed E-state index contributed by atoms with van der Waals surface area (Å²) in [6.07, 6.45) is 0. The number of nitriles is 1. The number of ether oxygens (including phenoxy) is 2. The Balaban J connectivity index is 2.20. The van der Waals surface area contributed by atoms with Crippen molar-refractivity contribution in [3.05, 3.63) is 58.6 Å². The maximum absolute atomic E-state index is 9.06. The van der Waals surface area contributed by atoms with Gasteiger partial charge in [-0.3, -0.25) is 0 Å². The molecule has 0 fully saturated rings. The molecule has 2 aromatic rings. The summed E-state index contributed by atoms with van der Waals surface area (Å²) < 4.78 is 10.9. The quantitative estimate of drug-likeness (QED) is 0.851. The fourth-order valence-electron chi connectivity index (χ4n) is 1.71. The van der Waals surface area contributed by atoms with Crippen LogP contribution in [0.2, 0.25) is 5.02 Å². The van der Waals surface area contributed by atoms with Crippen LogP contribution in [0.4, 0.5) is 0 Å². The summed E-state index contributed by atoms with van der Waals surface area (Å²) in [6.45, 7) is 0.318. The molecule has 0 saturated heterocycles. The van der Waals surface area contributed by atoms with Crippen molar-refractivity contribution in [3.8, 4) is 17.6 Å². The van der Waals surface area contributed by atoms with Crippen LogP contribution in [0.25, 0.3) is 0 Å². The third kappa shape index (κ3) is 2.98. The summed E-state index contributed by atoms with van der Waals surface area (Å²) in [6, 6.07) is 14.7. The number of hydrogen-bond donors (Lipinski definition) is 0. The first-order valence-electron chi connectivity index (χ1n) is 5.69. The third-order valence-electron chi connectivity index (χ3n) is 2.66. The second-order valence-electron chi connectivity index (χ2n) is 3.83. The van der Waals surface area contributed by atoms with Gasteiger partial charge in [-0.1, -0.05) is 35.9 Å². The summed E-state index contributed by atoms with van der Waals surface area (Å²) >= 11 is 5.94. The van der Waals surface area contributed by atoms with Crippen molar-refractivity contribution in [2.24, 2.45) is 0 Å². The number of hydrogen-bond acceptors (Lipinski definition) is 3. The lowest BCUT2D eigenvalue weighted by molar-refractivity contribution is 0.296. The van der Waals surface area contributed by atoms with E-state index in [2.05, 4.69) is 0 Å². The standard InChI is InChI=1S/C15H12ClNO2/c1-18-14-7-3-2-5-11(14)10-19-15-8-4-6-13(16)12(15)9-17/h2-8H,10H2,1H3. The van der Waals surface area contributed by atoms with Crippen molar-refractivity contribution in [1.82, 2.24) is 0 Å². The smallest absolute Gasteiger partial charge is 0.139 e. The Morgan fingerprint density at radius 2 is 1.84 bits per heavy atom. The first kappa shape index (κ1) is 13.3. The summed E-state index contributed by atoms with van der Waals surface area (Å²) in [4.78, 5) is 0. The van der Waals surface area contributed by atoms with Gasteiger partial charge in [-0.05, 0) is 18.2 Å². The topological polar surface area (TPSA) is 42.2 Å². The number of rotatable bonds is 4. The van der Waals surface area contributed by atoms with Gasteiger partial charge in [-0.25, -0.2) is 0 Å². The lowest BCUT2D eigenvalue weighted by Crippen LogP contribution is -2.00. The highest BCUT2D eigenvalue weighted by atomic mass is 35.5. The zero-order valence-electron chi connectivity index (χ0n) is 10.4. The van der Waals surface area contributed by atoms with E-state index >= 15 is 0 Å². The summed E-state index contributed by atoms with van der Waals surface area (Å²) in [5, 5.41) is 9.45. The molecule has 96 valence electrons. The molecule has 19 heavy (non-hydrogen) atoms. The van der Waals surface area contributed by atoms with Crippen LogP contribution >= 0.6 is 11.6 Å². The molecule has 0 saturated carbocycles.